The standard InChI is InChI=1S/C21H22N4O4.H3N/c1-12-4-5-14(10-22-12)19-16(13(2)29-25-19)11-28-18-7-6-17(23-24-18)20(26)15-8-21(3,27)9-15;/h4-7,10,15,27H,8-9,11H2,1-3H3;1H3. The maximum atomic E-state index is 12.4. The zero-order valence-corrected chi connectivity index (χ0v) is 17.3. The number of ketones is 1. The van der Waals surface area contributed by atoms with Crippen molar-refractivity contribution in [3.8, 4) is 17.1 Å². The SMILES string of the molecule is Cc1ccc(-c2noc(C)c2COc2ccc(C(=O)C3CC(C)(O)C3)nn2)cn1.N. The highest BCUT2D eigenvalue weighted by molar-refractivity contribution is 5.96. The Morgan fingerprint density at radius 2 is 2.00 bits per heavy atom. The van der Waals surface area contributed by atoms with Gasteiger partial charge < -0.3 is 20.5 Å². The second-order valence-electron chi connectivity index (χ2n) is 7.77. The van der Waals surface area contributed by atoms with Crippen molar-refractivity contribution in [1.82, 2.24) is 26.5 Å². The zero-order valence-electron chi connectivity index (χ0n) is 17.3. The van der Waals surface area contributed by atoms with Gasteiger partial charge in [-0.15, -0.1) is 10.2 Å². The summed E-state index contributed by atoms with van der Waals surface area (Å²) in [7, 11) is 0. The molecule has 0 spiro atoms. The third-order valence-electron chi connectivity index (χ3n) is 5.17. The molecule has 0 atom stereocenters. The fourth-order valence-electron chi connectivity index (χ4n) is 3.47. The van der Waals surface area contributed by atoms with Gasteiger partial charge >= 0.3 is 0 Å². The molecule has 1 fully saturated rings. The molecule has 0 amide bonds. The largest absolute Gasteiger partial charge is 0.472 e. The molecule has 0 aromatic carbocycles. The summed E-state index contributed by atoms with van der Waals surface area (Å²) in [6.45, 7) is 5.67. The van der Waals surface area contributed by atoms with Crippen LogP contribution in [0.4, 0.5) is 0 Å². The van der Waals surface area contributed by atoms with Crippen LogP contribution in [-0.4, -0.2) is 36.8 Å². The monoisotopic (exact) mass is 411 g/mol. The van der Waals surface area contributed by atoms with Crippen molar-refractivity contribution in [3.05, 3.63) is 53.2 Å². The van der Waals surface area contributed by atoms with Gasteiger partial charge in [-0.2, -0.15) is 0 Å². The molecule has 3 heterocycles. The molecule has 1 aliphatic rings. The van der Waals surface area contributed by atoms with E-state index >= 15 is 0 Å². The lowest BCUT2D eigenvalue weighted by molar-refractivity contribution is -0.0469. The Labute approximate surface area is 174 Å². The van der Waals surface area contributed by atoms with Gasteiger partial charge in [0.1, 0.15) is 23.8 Å². The Morgan fingerprint density at radius 3 is 2.60 bits per heavy atom. The number of carbonyl (C=O) groups excluding carboxylic acids is 1. The van der Waals surface area contributed by atoms with E-state index in [1.165, 1.54) is 0 Å². The van der Waals surface area contributed by atoms with Crippen LogP contribution in [0, 0.1) is 19.8 Å². The van der Waals surface area contributed by atoms with Crippen LogP contribution in [0.2, 0.25) is 0 Å². The summed E-state index contributed by atoms with van der Waals surface area (Å²) in [5.41, 5.74) is 2.76. The van der Waals surface area contributed by atoms with Crippen LogP contribution < -0.4 is 10.9 Å². The first kappa shape index (κ1) is 21.5. The van der Waals surface area contributed by atoms with Crippen molar-refractivity contribution in [2.24, 2.45) is 5.92 Å². The van der Waals surface area contributed by atoms with Crippen LogP contribution in [0.5, 0.6) is 5.88 Å². The second-order valence-corrected chi connectivity index (χ2v) is 7.77. The number of hydrogen-bond acceptors (Lipinski definition) is 9. The van der Waals surface area contributed by atoms with E-state index in [1.54, 1.807) is 25.3 Å². The quantitative estimate of drug-likeness (QED) is 0.583. The Morgan fingerprint density at radius 1 is 1.23 bits per heavy atom. The van der Waals surface area contributed by atoms with Crippen molar-refractivity contribution in [2.75, 3.05) is 0 Å². The summed E-state index contributed by atoms with van der Waals surface area (Å²) in [5.74, 6) is 0.657. The molecule has 4 N–H and O–H groups in total. The molecule has 3 aromatic rings. The van der Waals surface area contributed by atoms with Gasteiger partial charge in [0, 0.05) is 29.4 Å². The van der Waals surface area contributed by atoms with Gasteiger partial charge in [0.05, 0.1) is 11.2 Å². The number of hydrogen-bond donors (Lipinski definition) is 2. The van der Waals surface area contributed by atoms with E-state index in [0.29, 0.717) is 30.2 Å². The summed E-state index contributed by atoms with van der Waals surface area (Å²) in [6, 6.07) is 7.06. The molecule has 9 heteroatoms. The summed E-state index contributed by atoms with van der Waals surface area (Å²) < 4.78 is 11.1. The molecule has 4 rings (SSSR count). The van der Waals surface area contributed by atoms with E-state index in [9.17, 15) is 9.90 Å². The fraction of sp³-hybridized carbons (Fsp3) is 0.381. The first-order chi connectivity index (χ1) is 13.8. The summed E-state index contributed by atoms with van der Waals surface area (Å²) >= 11 is 0. The number of carbonyl (C=O) groups is 1. The summed E-state index contributed by atoms with van der Waals surface area (Å²) in [4.78, 5) is 16.7. The third kappa shape index (κ3) is 4.37. The minimum absolute atomic E-state index is 0. The van der Waals surface area contributed by atoms with Gasteiger partial charge in [-0.1, -0.05) is 5.16 Å². The molecule has 30 heavy (non-hydrogen) atoms. The molecule has 0 unspecified atom stereocenters. The number of ether oxygens (including phenoxy) is 1. The number of Topliss-reactive ketones (excluding diaryl/α,β-unsaturated/α-hetero) is 1. The number of aromatic nitrogens is 4. The van der Waals surface area contributed by atoms with Gasteiger partial charge in [0.2, 0.25) is 5.88 Å². The molecule has 0 bridgehead atoms. The van der Waals surface area contributed by atoms with Crippen LogP contribution in [0.25, 0.3) is 11.3 Å². The minimum Gasteiger partial charge on any atom is -0.472 e. The molecule has 0 saturated heterocycles. The third-order valence-corrected chi connectivity index (χ3v) is 5.17. The molecule has 1 aliphatic carbocycles. The lowest BCUT2D eigenvalue weighted by Crippen LogP contribution is -2.44. The number of aliphatic hydroxyl groups is 1. The zero-order chi connectivity index (χ0) is 20.6. The number of nitrogens with zero attached hydrogens (tertiary/aromatic N) is 4. The van der Waals surface area contributed by atoms with E-state index < -0.39 is 5.60 Å². The average Bonchev–Trinajstić information content (AvgIpc) is 3.05. The Balaban J connectivity index is 0.00000256. The van der Waals surface area contributed by atoms with Crippen LogP contribution in [0.1, 0.15) is 47.3 Å². The Hall–Kier alpha value is -3.17. The molecular formula is C21H25N5O4. The molecule has 0 radical (unpaired) electrons. The van der Waals surface area contributed by atoms with Crippen LogP contribution in [0.3, 0.4) is 0 Å². The summed E-state index contributed by atoms with van der Waals surface area (Å²) in [5, 5.41) is 21.9. The van der Waals surface area contributed by atoms with E-state index in [1.807, 2.05) is 26.0 Å². The first-order valence-corrected chi connectivity index (χ1v) is 9.44. The van der Waals surface area contributed by atoms with Gasteiger partial charge in [-0.25, -0.2) is 0 Å². The molecular weight excluding hydrogens is 386 g/mol. The van der Waals surface area contributed by atoms with Gasteiger partial charge in [-0.3, -0.25) is 9.78 Å². The van der Waals surface area contributed by atoms with Crippen molar-refractivity contribution in [1.29, 1.82) is 0 Å². The molecule has 0 aliphatic heterocycles. The fourth-order valence-corrected chi connectivity index (χ4v) is 3.47. The van der Waals surface area contributed by atoms with E-state index in [0.717, 1.165) is 16.8 Å². The smallest absolute Gasteiger partial charge is 0.233 e. The van der Waals surface area contributed by atoms with Crippen molar-refractivity contribution < 1.29 is 19.2 Å². The normalized spacial score (nSPS) is 20.2. The Kier molecular flexibility index (Phi) is 5.95. The van der Waals surface area contributed by atoms with Crippen LogP contribution in [-0.2, 0) is 6.61 Å². The highest BCUT2D eigenvalue weighted by Gasteiger charge is 2.43. The predicted octanol–water partition coefficient (Wildman–Crippen LogP) is 3.23. The number of rotatable bonds is 6. The molecule has 1 saturated carbocycles. The highest BCUT2D eigenvalue weighted by Crippen LogP contribution is 2.38. The molecule has 9 nitrogen and oxygen atoms in total. The van der Waals surface area contributed by atoms with E-state index in [2.05, 4.69) is 20.3 Å². The lowest BCUT2D eigenvalue weighted by Gasteiger charge is -2.39. The average molecular weight is 411 g/mol. The minimum atomic E-state index is -0.752. The molecule has 158 valence electrons. The first-order valence-electron chi connectivity index (χ1n) is 9.44. The number of pyridine rings is 1. The van der Waals surface area contributed by atoms with Crippen LogP contribution in [0.15, 0.2) is 35.0 Å². The Bertz CT molecular complexity index is 1020. The van der Waals surface area contributed by atoms with E-state index in [-0.39, 0.29) is 30.2 Å². The lowest BCUT2D eigenvalue weighted by atomic mass is 9.70. The van der Waals surface area contributed by atoms with Crippen molar-refractivity contribution >= 4 is 5.78 Å². The second kappa shape index (κ2) is 8.29. The predicted molar refractivity (Wildman–Crippen MR) is 108 cm³/mol. The van der Waals surface area contributed by atoms with Gasteiger partial charge in [0.15, 0.2) is 5.78 Å². The van der Waals surface area contributed by atoms with Crippen molar-refractivity contribution in [2.45, 2.75) is 45.8 Å². The van der Waals surface area contributed by atoms with Gasteiger partial charge in [0.25, 0.3) is 0 Å². The maximum Gasteiger partial charge on any atom is 0.233 e. The van der Waals surface area contributed by atoms with Crippen molar-refractivity contribution in [3.63, 3.8) is 0 Å². The summed E-state index contributed by atoms with van der Waals surface area (Å²) in [6.07, 6.45) is 2.65. The highest BCUT2D eigenvalue weighted by atomic mass is 16.5. The van der Waals surface area contributed by atoms with Crippen LogP contribution >= 0.6 is 0 Å². The van der Waals surface area contributed by atoms with E-state index in [4.69, 9.17) is 9.26 Å². The maximum absolute atomic E-state index is 12.4. The number of aryl methyl sites for hydroxylation is 2. The molecule has 3 aromatic heterocycles. The topological polar surface area (TPSA) is 146 Å². The van der Waals surface area contributed by atoms with Gasteiger partial charge in [-0.05, 0) is 51.8 Å².